The van der Waals surface area contributed by atoms with Crippen LogP contribution in [0.5, 0.6) is 0 Å². The lowest BCUT2D eigenvalue weighted by atomic mass is 9.92. The summed E-state index contributed by atoms with van der Waals surface area (Å²) in [6.45, 7) is 9.73. The van der Waals surface area contributed by atoms with Crippen LogP contribution in [0.15, 0.2) is 0 Å². The van der Waals surface area contributed by atoms with E-state index in [1.807, 2.05) is 0 Å². The summed E-state index contributed by atoms with van der Waals surface area (Å²) >= 11 is 2.06. The van der Waals surface area contributed by atoms with Gasteiger partial charge < -0.3 is 16.0 Å². The van der Waals surface area contributed by atoms with Crippen molar-refractivity contribution in [2.75, 3.05) is 44.2 Å². The van der Waals surface area contributed by atoms with Crippen molar-refractivity contribution in [3.8, 4) is 0 Å². The van der Waals surface area contributed by atoms with E-state index in [0.717, 1.165) is 32.7 Å². The first-order valence-electron chi connectivity index (χ1n) is 6.51. The molecule has 16 heavy (non-hydrogen) atoms. The first kappa shape index (κ1) is 14.3. The maximum atomic E-state index is 5.93. The Morgan fingerprint density at radius 2 is 1.88 bits per heavy atom. The topological polar surface area (TPSA) is 41.3 Å². The molecule has 1 heterocycles. The van der Waals surface area contributed by atoms with Crippen molar-refractivity contribution in [2.24, 2.45) is 5.73 Å². The highest BCUT2D eigenvalue weighted by atomic mass is 32.2. The highest BCUT2D eigenvalue weighted by Gasteiger charge is 2.29. The van der Waals surface area contributed by atoms with Crippen LogP contribution in [0.25, 0.3) is 0 Å². The van der Waals surface area contributed by atoms with Crippen molar-refractivity contribution < 1.29 is 0 Å². The fourth-order valence-corrected chi connectivity index (χ4v) is 3.51. The maximum Gasteiger partial charge on any atom is 0.0320 e. The minimum Gasteiger partial charge on any atom is -0.329 e. The summed E-state index contributed by atoms with van der Waals surface area (Å²) in [5, 5.41) is 3.70. The van der Waals surface area contributed by atoms with Crippen LogP contribution in [0.4, 0.5) is 0 Å². The zero-order chi connectivity index (χ0) is 11.9. The van der Waals surface area contributed by atoms with E-state index in [0.29, 0.717) is 0 Å². The first-order valence-corrected chi connectivity index (χ1v) is 7.67. The number of hydrogen-bond donors (Lipinski definition) is 2. The predicted octanol–water partition coefficient (Wildman–Crippen LogP) is 1.14. The maximum absolute atomic E-state index is 5.93. The number of thioether (sulfide) groups is 1. The van der Waals surface area contributed by atoms with Crippen molar-refractivity contribution in [3.05, 3.63) is 0 Å². The Bertz CT molecular complexity index is 177. The van der Waals surface area contributed by atoms with Gasteiger partial charge in [0.1, 0.15) is 0 Å². The van der Waals surface area contributed by atoms with Crippen LogP contribution in [0, 0.1) is 0 Å². The zero-order valence-electron chi connectivity index (χ0n) is 10.8. The SMILES string of the molecule is CCN(CC)CCNC1(CN)CCSCC1. The third kappa shape index (κ3) is 4.24. The van der Waals surface area contributed by atoms with Gasteiger partial charge in [0.2, 0.25) is 0 Å². The summed E-state index contributed by atoms with van der Waals surface area (Å²) in [4.78, 5) is 2.45. The lowest BCUT2D eigenvalue weighted by Gasteiger charge is -2.37. The number of likely N-dealkylation sites (N-methyl/N-ethyl adjacent to an activating group) is 1. The molecule has 0 aromatic carbocycles. The van der Waals surface area contributed by atoms with Gasteiger partial charge in [-0.15, -0.1) is 0 Å². The van der Waals surface area contributed by atoms with Gasteiger partial charge >= 0.3 is 0 Å². The largest absolute Gasteiger partial charge is 0.329 e. The number of rotatable bonds is 7. The second-order valence-electron chi connectivity index (χ2n) is 4.55. The smallest absolute Gasteiger partial charge is 0.0320 e. The molecular formula is C12H27N3S. The van der Waals surface area contributed by atoms with Gasteiger partial charge in [0.25, 0.3) is 0 Å². The van der Waals surface area contributed by atoms with Crippen LogP contribution in [-0.4, -0.2) is 54.7 Å². The molecule has 96 valence electrons. The predicted molar refractivity (Wildman–Crippen MR) is 74.1 cm³/mol. The number of nitrogens with two attached hydrogens (primary N) is 1. The molecule has 3 nitrogen and oxygen atoms in total. The first-order chi connectivity index (χ1) is 7.76. The van der Waals surface area contributed by atoms with Gasteiger partial charge in [-0.3, -0.25) is 0 Å². The minimum absolute atomic E-state index is 0.235. The van der Waals surface area contributed by atoms with E-state index in [4.69, 9.17) is 5.73 Å². The Labute approximate surface area is 105 Å². The number of hydrogen-bond acceptors (Lipinski definition) is 4. The average molecular weight is 245 g/mol. The van der Waals surface area contributed by atoms with Crippen molar-refractivity contribution in [1.82, 2.24) is 10.2 Å². The molecule has 1 aliphatic rings. The Morgan fingerprint density at radius 1 is 1.25 bits per heavy atom. The quantitative estimate of drug-likeness (QED) is 0.706. The zero-order valence-corrected chi connectivity index (χ0v) is 11.6. The molecule has 1 saturated heterocycles. The van der Waals surface area contributed by atoms with E-state index in [-0.39, 0.29) is 5.54 Å². The highest BCUT2D eigenvalue weighted by molar-refractivity contribution is 7.99. The fraction of sp³-hybridized carbons (Fsp3) is 1.00. The van der Waals surface area contributed by atoms with Gasteiger partial charge in [0, 0.05) is 25.2 Å². The third-order valence-corrected chi connectivity index (χ3v) is 4.65. The molecule has 1 rings (SSSR count). The third-order valence-electron chi connectivity index (χ3n) is 3.66. The summed E-state index contributed by atoms with van der Waals surface area (Å²) in [5.74, 6) is 2.52. The van der Waals surface area contributed by atoms with Crippen LogP contribution in [0.3, 0.4) is 0 Å². The number of nitrogens with one attached hydrogen (secondary N) is 1. The molecule has 0 aromatic rings. The molecular weight excluding hydrogens is 218 g/mol. The van der Waals surface area contributed by atoms with Crippen LogP contribution < -0.4 is 11.1 Å². The van der Waals surface area contributed by atoms with Crippen LogP contribution in [-0.2, 0) is 0 Å². The van der Waals surface area contributed by atoms with Crippen molar-refractivity contribution in [3.63, 3.8) is 0 Å². The Morgan fingerprint density at radius 3 is 2.38 bits per heavy atom. The monoisotopic (exact) mass is 245 g/mol. The summed E-state index contributed by atoms with van der Waals surface area (Å²) < 4.78 is 0. The van der Waals surface area contributed by atoms with Gasteiger partial charge in [0.05, 0.1) is 0 Å². The van der Waals surface area contributed by atoms with Crippen LogP contribution >= 0.6 is 11.8 Å². The second kappa shape index (κ2) is 7.54. The van der Waals surface area contributed by atoms with E-state index in [1.165, 1.54) is 24.3 Å². The Kier molecular flexibility index (Phi) is 6.73. The molecule has 0 atom stereocenters. The minimum atomic E-state index is 0.235. The van der Waals surface area contributed by atoms with Gasteiger partial charge in [0.15, 0.2) is 0 Å². The molecule has 4 heteroatoms. The molecule has 0 amide bonds. The van der Waals surface area contributed by atoms with Crippen LogP contribution in [0.1, 0.15) is 26.7 Å². The van der Waals surface area contributed by atoms with E-state index < -0.39 is 0 Å². The van der Waals surface area contributed by atoms with E-state index in [2.05, 4.69) is 35.8 Å². The summed E-state index contributed by atoms with van der Waals surface area (Å²) in [7, 11) is 0. The fourth-order valence-electron chi connectivity index (χ4n) is 2.23. The Balaban J connectivity index is 2.27. The van der Waals surface area contributed by atoms with Crippen molar-refractivity contribution in [2.45, 2.75) is 32.2 Å². The lowest BCUT2D eigenvalue weighted by Crippen LogP contribution is -2.55. The number of nitrogens with zero attached hydrogens (tertiary/aromatic N) is 1. The molecule has 1 fully saturated rings. The normalized spacial score (nSPS) is 20.2. The molecule has 0 radical (unpaired) electrons. The van der Waals surface area contributed by atoms with E-state index in [1.54, 1.807) is 0 Å². The standard InChI is InChI=1S/C12H27N3S/c1-3-15(4-2)8-7-14-12(11-13)5-9-16-10-6-12/h14H,3-11,13H2,1-2H3. The molecule has 0 aromatic heterocycles. The van der Waals surface area contributed by atoms with E-state index >= 15 is 0 Å². The van der Waals surface area contributed by atoms with Crippen LogP contribution in [0.2, 0.25) is 0 Å². The summed E-state index contributed by atoms with van der Waals surface area (Å²) in [5.41, 5.74) is 6.17. The highest BCUT2D eigenvalue weighted by Crippen LogP contribution is 2.25. The summed E-state index contributed by atoms with van der Waals surface area (Å²) in [6, 6.07) is 0. The van der Waals surface area contributed by atoms with Gasteiger partial charge in [-0.25, -0.2) is 0 Å². The molecule has 0 bridgehead atoms. The Hall–Kier alpha value is 0.230. The molecule has 0 saturated carbocycles. The van der Waals surface area contributed by atoms with Crippen molar-refractivity contribution in [1.29, 1.82) is 0 Å². The average Bonchev–Trinajstić information content (AvgIpc) is 2.36. The second-order valence-corrected chi connectivity index (χ2v) is 5.78. The van der Waals surface area contributed by atoms with Gasteiger partial charge in [-0.05, 0) is 37.4 Å². The molecule has 0 spiro atoms. The molecule has 0 aliphatic carbocycles. The van der Waals surface area contributed by atoms with Gasteiger partial charge in [-0.2, -0.15) is 11.8 Å². The van der Waals surface area contributed by atoms with E-state index in [9.17, 15) is 0 Å². The molecule has 0 unspecified atom stereocenters. The summed E-state index contributed by atoms with van der Waals surface area (Å²) in [6.07, 6.45) is 2.46. The molecule has 1 aliphatic heterocycles. The molecule has 3 N–H and O–H groups in total. The van der Waals surface area contributed by atoms with Crippen molar-refractivity contribution >= 4 is 11.8 Å². The van der Waals surface area contributed by atoms with Gasteiger partial charge in [-0.1, -0.05) is 13.8 Å². The lowest BCUT2D eigenvalue weighted by molar-refractivity contribution is 0.257.